The molecule has 26 heavy (non-hydrogen) atoms. The van der Waals surface area contributed by atoms with Gasteiger partial charge in [0.2, 0.25) is 0 Å². The van der Waals surface area contributed by atoms with Crippen LogP contribution in [0.5, 0.6) is 5.75 Å². The molecule has 4 nitrogen and oxygen atoms in total. The number of piperidine rings is 1. The first kappa shape index (κ1) is 17.0. The Kier molecular flexibility index (Phi) is 4.64. The molecule has 1 saturated heterocycles. The highest BCUT2D eigenvalue weighted by molar-refractivity contribution is 5.95. The molecule has 2 aromatic heterocycles. The van der Waals surface area contributed by atoms with E-state index in [1.54, 1.807) is 19.4 Å². The molecule has 3 aromatic rings. The topological polar surface area (TPSA) is 41.1 Å². The molecular formula is C21H24FN3O. The zero-order valence-electron chi connectivity index (χ0n) is 15.3. The Hall–Kier alpha value is -2.40. The van der Waals surface area contributed by atoms with Gasteiger partial charge in [0.1, 0.15) is 17.2 Å². The number of pyridine rings is 1. The molecule has 1 aliphatic rings. The highest BCUT2D eigenvalue weighted by Gasteiger charge is 2.22. The molecule has 4 rings (SSSR count). The number of halogens is 1. The normalized spacial score (nSPS) is 16.3. The quantitative estimate of drug-likeness (QED) is 0.747. The zero-order chi connectivity index (χ0) is 18.1. The van der Waals surface area contributed by atoms with Gasteiger partial charge in [0.05, 0.1) is 7.11 Å². The number of likely N-dealkylation sites (tertiary alicyclic amines) is 1. The predicted octanol–water partition coefficient (Wildman–Crippen LogP) is 4.58. The summed E-state index contributed by atoms with van der Waals surface area (Å²) in [5.41, 5.74) is 4.02. The van der Waals surface area contributed by atoms with Crippen molar-refractivity contribution in [2.45, 2.75) is 25.7 Å². The summed E-state index contributed by atoms with van der Waals surface area (Å²) in [6, 6.07) is 8.85. The zero-order valence-corrected chi connectivity index (χ0v) is 15.3. The average molecular weight is 353 g/mol. The molecule has 0 aliphatic carbocycles. The molecule has 1 fully saturated rings. The number of aromatic amines is 1. The summed E-state index contributed by atoms with van der Waals surface area (Å²) in [7, 11) is 1.57. The van der Waals surface area contributed by atoms with Crippen molar-refractivity contribution in [1.82, 2.24) is 14.9 Å². The van der Waals surface area contributed by atoms with Crippen molar-refractivity contribution in [1.29, 1.82) is 0 Å². The van der Waals surface area contributed by atoms with Crippen molar-refractivity contribution in [3.63, 3.8) is 0 Å². The lowest BCUT2D eigenvalue weighted by Gasteiger charge is -2.30. The van der Waals surface area contributed by atoms with Gasteiger partial charge in [-0.15, -0.1) is 0 Å². The van der Waals surface area contributed by atoms with E-state index in [1.165, 1.54) is 17.8 Å². The Morgan fingerprint density at radius 3 is 2.73 bits per heavy atom. The minimum atomic E-state index is -0.298. The minimum absolute atomic E-state index is 0.298. The molecule has 0 spiro atoms. The number of hydrogen-bond donors (Lipinski definition) is 1. The van der Waals surface area contributed by atoms with Crippen LogP contribution in [0.4, 0.5) is 4.39 Å². The van der Waals surface area contributed by atoms with Crippen LogP contribution >= 0.6 is 0 Å². The summed E-state index contributed by atoms with van der Waals surface area (Å²) in [4.78, 5) is 10.5. The lowest BCUT2D eigenvalue weighted by atomic mass is 9.93. The molecule has 1 aromatic carbocycles. The average Bonchev–Trinajstić information content (AvgIpc) is 3.12. The van der Waals surface area contributed by atoms with E-state index in [4.69, 9.17) is 4.74 Å². The number of methoxy groups -OCH3 is 1. The Bertz CT molecular complexity index is 913. The first-order chi connectivity index (χ1) is 12.7. The summed E-state index contributed by atoms with van der Waals surface area (Å²) < 4.78 is 19.0. The molecule has 5 heteroatoms. The number of hydrogen-bond acceptors (Lipinski definition) is 3. The van der Waals surface area contributed by atoms with E-state index < -0.39 is 0 Å². The maximum Gasteiger partial charge on any atom is 0.138 e. The molecule has 1 aliphatic heterocycles. The van der Waals surface area contributed by atoms with E-state index in [9.17, 15) is 4.39 Å². The Morgan fingerprint density at radius 1 is 1.19 bits per heavy atom. The van der Waals surface area contributed by atoms with Crippen LogP contribution in [0, 0.1) is 5.82 Å². The van der Waals surface area contributed by atoms with Crippen LogP contribution in [0.2, 0.25) is 0 Å². The number of nitrogens with one attached hydrogen (secondary N) is 1. The Balaban J connectivity index is 1.73. The molecule has 0 bridgehead atoms. The summed E-state index contributed by atoms with van der Waals surface area (Å²) in [5, 5.41) is 1.06. The minimum Gasteiger partial charge on any atom is -0.496 e. The molecule has 3 heterocycles. The van der Waals surface area contributed by atoms with Crippen molar-refractivity contribution in [2.24, 2.45) is 0 Å². The number of ether oxygens (including phenoxy) is 1. The third kappa shape index (κ3) is 3.07. The van der Waals surface area contributed by atoms with Gasteiger partial charge in [0.25, 0.3) is 0 Å². The van der Waals surface area contributed by atoms with Crippen LogP contribution in [-0.4, -0.2) is 41.6 Å². The van der Waals surface area contributed by atoms with Crippen LogP contribution < -0.4 is 4.74 Å². The van der Waals surface area contributed by atoms with Gasteiger partial charge in [-0.3, -0.25) is 0 Å². The lowest BCUT2D eigenvalue weighted by Crippen LogP contribution is -2.32. The molecule has 0 amide bonds. The van der Waals surface area contributed by atoms with Gasteiger partial charge < -0.3 is 14.6 Å². The van der Waals surface area contributed by atoms with E-state index in [1.807, 2.05) is 6.07 Å². The van der Waals surface area contributed by atoms with E-state index in [2.05, 4.69) is 27.9 Å². The van der Waals surface area contributed by atoms with Crippen LogP contribution in [0.3, 0.4) is 0 Å². The third-order valence-electron chi connectivity index (χ3n) is 5.48. The maximum atomic E-state index is 13.6. The van der Waals surface area contributed by atoms with Crippen LogP contribution in [0.15, 0.2) is 36.5 Å². The van der Waals surface area contributed by atoms with Crippen molar-refractivity contribution in [2.75, 3.05) is 26.7 Å². The van der Waals surface area contributed by atoms with E-state index in [0.29, 0.717) is 11.7 Å². The molecule has 136 valence electrons. The summed E-state index contributed by atoms with van der Waals surface area (Å²) in [6.45, 7) is 5.62. The van der Waals surface area contributed by atoms with Gasteiger partial charge in [-0.25, -0.2) is 9.37 Å². The second kappa shape index (κ2) is 7.08. The molecule has 0 radical (unpaired) electrons. The van der Waals surface area contributed by atoms with Gasteiger partial charge >= 0.3 is 0 Å². The van der Waals surface area contributed by atoms with Crippen molar-refractivity contribution in [3.05, 3.63) is 48.0 Å². The monoisotopic (exact) mass is 353 g/mol. The largest absolute Gasteiger partial charge is 0.496 e. The van der Waals surface area contributed by atoms with E-state index in [-0.39, 0.29) is 5.82 Å². The van der Waals surface area contributed by atoms with Gasteiger partial charge in [-0.2, -0.15) is 0 Å². The van der Waals surface area contributed by atoms with Gasteiger partial charge in [0.15, 0.2) is 0 Å². The lowest BCUT2D eigenvalue weighted by molar-refractivity contribution is 0.221. The summed E-state index contributed by atoms with van der Waals surface area (Å²) >= 11 is 0. The van der Waals surface area contributed by atoms with Crippen molar-refractivity contribution >= 4 is 11.0 Å². The first-order valence-electron chi connectivity index (χ1n) is 9.23. The smallest absolute Gasteiger partial charge is 0.138 e. The predicted molar refractivity (Wildman–Crippen MR) is 102 cm³/mol. The SMILES string of the molecule is CCN1CCC(c2cc3c(-c4ccc(F)cc4OC)ccnc3[nH]2)CC1. The number of rotatable bonds is 4. The number of fused-ring (bicyclic) bond motifs is 1. The summed E-state index contributed by atoms with van der Waals surface area (Å²) in [5.74, 6) is 0.778. The fourth-order valence-electron chi connectivity index (χ4n) is 3.95. The van der Waals surface area contributed by atoms with Crippen LogP contribution in [0.1, 0.15) is 31.4 Å². The number of nitrogens with zero attached hydrogens (tertiary/aromatic N) is 2. The maximum absolute atomic E-state index is 13.6. The molecule has 0 atom stereocenters. The second-order valence-electron chi connectivity index (χ2n) is 6.90. The number of aromatic nitrogens is 2. The Morgan fingerprint density at radius 2 is 2.00 bits per heavy atom. The Labute approximate surface area is 153 Å². The van der Waals surface area contributed by atoms with Crippen molar-refractivity contribution < 1.29 is 9.13 Å². The number of H-pyrrole nitrogens is 1. The highest BCUT2D eigenvalue weighted by Crippen LogP contribution is 2.37. The highest BCUT2D eigenvalue weighted by atomic mass is 19.1. The van der Waals surface area contributed by atoms with Gasteiger partial charge in [0, 0.05) is 34.8 Å². The molecule has 0 unspecified atom stereocenters. The van der Waals surface area contributed by atoms with E-state index in [0.717, 1.165) is 54.6 Å². The fraction of sp³-hybridized carbons (Fsp3) is 0.381. The molecule has 1 N–H and O–H groups in total. The van der Waals surface area contributed by atoms with Crippen molar-refractivity contribution in [3.8, 4) is 16.9 Å². The summed E-state index contributed by atoms with van der Waals surface area (Å²) in [6.07, 6.45) is 4.12. The molecular weight excluding hydrogens is 329 g/mol. The second-order valence-corrected chi connectivity index (χ2v) is 6.90. The van der Waals surface area contributed by atoms with Crippen LogP contribution in [0.25, 0.3) is 22.2 Å². The van der Waals surface area contributed by atoms with Crippen LogP contribution in [-0.2, 0) is 0 Å². The third-order valence-corrected chi connectivity index (χ3v) is 5.48. The standard InChI is InChI=1S/C21H24FN3O/c1-3-25-10-7-14(8-11-25)19-13-18-16(6-9-23-21(18)24-19)17-5-4-15(22)12-20(17)26-2/h4-6,9,12-14H,3,7-8,10-11H2,1-2H3,(H,23,24). The van der Waals surface area contributed by atoms with Gasteiger partial charge in [-0.05, 0) is 62.3 Å². The van der Waals surface area contributed by atoms with Gasteiger partial charge in [-0.1, -0.05) is 6.92 Å². The molecule has 0 saturated carbocycles. The number of benzene rings is 1. The fourth-order valence-corrected chi connectivity index (χ4v) is 3.95. The van der Waals surface area contributed by atoms with E-state index >= 15 is 0 Å². The first-order valence-corrected chi connectivity index (χ1v) is 9.23.